The van der Waals surface area contributed by atoms with Crippen LogP contribution in [0.15, 0.2) is 94.5 Å². The number of benzene rings is 3. The van der Waals surface area contributed by atoms with Gasteiger partial charge in [0.05, 0.1) is 24.7 Å². The number of halogens is 2. The van der Waals surface area contributed by atoms with Crippen molar-refractivity contribution in [1.82, 2.24) is 9.55 Å². The van der Waals surface area contributed by atoms with E-state index in [1.807, 2.05) is 49.5 Å². The smallest absolute Gasteiger partial charge is 0.253 e. The Bertz CT molecular complexity index is 1810. The van der Waals surface area contributed by atoms with Gasteiger partial charge in [-0.15, -0.1) is 0 Å². The minimum atomic E-state index is -0.672. The summed E-state index contributed by atoms with van der Waals surface area (Å²) in [5.74, 6) is -0.815. The van der Waals surface area contributed by atoms with Crippen LogP contribution in [0.25, 0.3) is 10.9 Å². The number of nitrogens with one attached hydrogen (secondary N) is 1. The van der Waals surface area contributed by atoms with E-state index in [-0.39, 0.29) is 28.4 Å². The number of hydrogen-bond acceptors (Lipinski definition) is 6. The van der Waals surface area contributed by atoms with Gasteiger partial charge in [0.25, 0.3) is 11.5 Å². The number of rotatable bonds is 8. The average molecular weight is 633 g/mol. The van der Waals surface area contributed by atoms with Gasteiger partial charge in [-0.3, -0.25) is 19.4 Å². The molecule has 0 unspecified atom stereocenters. The molecule has 0 fully saturated rings. The van der Waals surface area contributed by atoms with Gasteiger partial charge in [0.2, 0.25) is 6.41 Å². The molecule has 2 heterocycles. The summed E-state index contributed by atoms with van der Waals surface area (Å²) in [4.78, 5) is 38.1. The third kappa shape index (κ3) is 7.18. The Morgan fingerprint density at radius 3 is 2.50 bits per heavy atom. The van der Waals surface area contributed by atoms with Gasteiger partial charge in [-0.2, -0.15) is 0 Å². The first kappa shape index (κ1) is 29.9. The number of nitrogens with two attached hydrogens (primary N) is 1. The number of aromatic nitrogens is 2. The maximum absolute atomic E-state index is 14.2. The van der Waals surface area contributed by atoms with Crippen molar-refractivity contribution in [3.8, 4) is 17.2 Å². The number of methoxy groups -OCH3 is 1. The van der Waals surface area contributed by atoms with E-state index >= 15 is 0 Å². The molecule has 0 spiro atoms. The van der Waals surface area contributed by atoms with E-state index < -0.39 is 11.7 Å². The Morgan fingerprint density at radius 1 is 1.07 bits per heavy atom. The molecule has 3 N–H and O–H groups in total. The summed E-state index contributed by atoms with van der Waals surface area (Å²) in [5.41, 5.74) is 8.26. The number of fused-ring (bicyclic) bond motifs is 1. The van der Waals surface area contributed by atoms with Crippen LogP contribution < -0.4 is 26.1 Å². The van der Waals surface area contributed by atoms with E-state index in [9.17, 15) is 18.8 Å². The van der Waals surface area contributed by atoms with Gasteiger partial charge in [0, 0.05) is 45.6 Å². The molecule has 0 aliphatic heterocycles. The summed E-state index contributed by atoms with van der Waals surface area (Å²) in [6, 6.07) is 20.4. The van der Waals surface area contributed by atoms with Crippen LogP contribution in [0.4, 0.5) is 10.1 Å². The van der Waals surface area contributed by atoms with Crippen molar-refractivity contribution in [2.45, 2.75) is 13.5 Å². The lowest BCUT2D eigenvalue weighted by atomic mass is 10.1. The Labute approximate surface area is 248 Å². The van der Waals surface area contributed by atoms with Gasteiger partial charge < -0.3 is 25.1 Å². The number of carbonyl (C=O) groups is 2. The minimum absolute atomic E-state index is 0.0506. The summed E-state index contributed by atoms with van der Waals surface area (Å²) in [5, 5.41) is 2.82. The summed E-state index contributed by atoms with van der Waals surface area (Å²) in [7, 11) is 1.41. The molecular weight excluding hydrogens is 607 g/mol. The first-order valence-electron chi connectivity index (χ1n) is 12.5. The number of amides is 2. The zero-order chi connectivity index (χ0) is 30.2. The Kier molecular flexibility index (Phi) is 9.66. The van der Waals surface area contributed by atoms with Gasteiger partial charge >= 0.3 is 0 Å². The highest BCUT2D eigenvalue weighted by atomic mass is 79.9. The van der Waals surface area contributed by atoms with Crippen LogP contribution in [-0.2, 0) is 11.3 Å². The predicted octanol–water partition coefficient (Wildman–Crippen LogP) is 5.81. The van der Waals surface area contributed by atoms with Crippen LogP contribution in [0.2, 0.25) is 0 Å². The number of nitrogens with zero attached hydrogens (tertiary/aromatic N) is 2. The van der Waals surface area contributed by atoms with Crippen molar-refractivity contribution in [3.63, 3.8) is 0 Å². The second kappa shape index (κ2) is 13.6. The normalized spacial score (nSPS) is 10.4. The maximum Gasteiger partial charge on any atom is 0.253 e. The largest absolute Gasteiger partial charge is 0.496 e. The molecule has 3 aromatic carbocycles. The van der Waals surface area contributed by atoms with Crippen molar-refractivity contribution in [2.24, 2.45) is 5.73 Å². The van der Waals surface area contributed by atoms with Crippen LogP contribution in [0.3, 0.4) is 0 Å². The lowest BCUT2D eigenvalue weighted by Crippen LogP contribution is -2.22. The van der Waals surface area contributed by atoms with Crippen molar-refractivity contribution < 1.29 is 23.5 Å². The maximum atomic E-state index is 14.2. The SMILES string of the molecule is COc1cc2nccc(Oc3ccc(NC=O)cc3F)c2cc1C(N)=O.Cc1cc(Br)cn(Cc2ccccc2)c1=O. The standard InChI is InChI=1S/C18H14FN3O4.C13H12BrNO/c1-25-17-8-14-11(7-12(17)18(20)24)15(4-5-21-14)26-16-3-2-10(22-9-23)6-13(16)19;1-10-7-12(14)9-15(13(10)16)8-11-5-3-2-4-6-11/h2-9H,1H3,(H2,20,24)(H,22,23);2-7,9H,8H2,1H3. The molecule has 5 aromatic rings. The second-order valence-electron chi connectivity index (χ2n) is 9.01. The van der Waals surface area contributed by atoms with Gasteiger partial charge in [-0.05, 0) is 58.7 Å². The van der Waals surface area contributed by atoms with Crippen LogP contribution in [0, 0.1) is 12.7 Å². The molecule has 2 amide bonds. The Hall–Kier alpha value is -5.03. The van der Waals surface area contributed by atoms with Crippen molar-refractivity contribution in [1.29, 1.82) is 0 Å². The zero-order valence-electron chi connectivity index (χ0n) is 22.6. The number of pyridine rings is 2. The lowest BCUT2D eigenvalue weighted by molar-refractivity contribution is -0.105. The summed E-state index contributed by atoms with van der Waals surface area (Å²) in [6.07, 6.45) is 3.76. The van der Waals surface area contributed by atoms with Gasteiger partial charge in [0.1, 0.15) is 11.5 Å². The van der Waals surface area contributed by atoms with Crippen molar-refractivity contribution in [2.75, 3.05) is 12.4 Å². The monoisotopic (exact) mass is 632 g/mol. The fraction of sp³-hybridized carbons (Fsp3) is 0.0968. The highest BCUT2D eigenvalue weighted by Gasteiger charge is 2.15. The molecule has 0 saturated heterocycles. The molecule has 214 valence electrons. The average Bonchev–Trinajstić information content (AvgIpc) is 2.97. The van der Waals surface area contributed by atoms with E-state index in [4.69, 9.17) is 15.2 Å². The third-order valence-electron chi connectivity index (χ3n) is 6.09. The molecule has 0 radical (unpaired) electrons. The highest BCUT2D eigenvalue weighted by Crippen LogP contribution is 2.34. The van der Waals surface area contributed by atoms with E-state index in [2.05, 4.69) is 26.2 Å². The molecule has 0 atom stereocenters. The van der Waals surface area contributed by atoms with Crippen molar-refractivity contribution >= 4 is 44.8 Å². The van der Waals surface area contributed by atoms with Crippen LogP contribution in [-0.4, -0.2) is 29.0 Å². The molecular formula is C31H26BrFN4O5. The topological polar surface area (TPSA) is 126 Å². The molecule has 9 nitrogen and oxygen atoms in total. The zero-order valence-corrected chi connectivity index (χ0v) is 24.2. The quantitative estimate of drug-likeness (QED) is 0.208. The molecule has 5 rings (SSSR count). The van der Waals surface area contributed by atoms with Gasteiger partial charge in [-0.25, -0.2) is 4.39 Å². The molecule has 0 aliphatic rings. The minimum Gasteiger partial charge on any atom is -0.496 e. The number of aryl methyl sites for hydroxylation is 1. The second-order valence-corrected chi connectivity index (χ2v) is 9.93. The summed E-state index contributed by atoms with van der Waals surface area (Å²) < 4.78 is 27.6. The van der Waals surface area contributed by atoms with Crippen molar-refractivity contribution in [3.05, 3.63) is 123 Å². The number of carbonyl (C=O) groups excluding carboxylic acids is 2. The molecule has 11 heteroatoms. The van der Waals surface area contributed by atoms with Gasteiger partial charge in [-0.1, -0.05) is 30.3 Å². The Balaban J connectivity index is 0.000000216. The number of primary amides is 1. The predicted molar refractivity (Wildman–Crippen MR) is 162 cm³/mol. The first-order valence-corrected chi connectivity index (χ1v) is 13.3. The first-order chi connectivity index (χ1) is 20.2. The molecule has 2 aromatic heterocycles. The summed E-state index contributed by atoms with van der Waals surface area (Å²) in [6.45, 7) is 2.44. The van der Waals surface area contributed by atoms with Crippen LogP contribution >= 0.6 is 15.9 Å². The molecule has 42 heavy (non-hydrogen) atoms. The number of ether oxygens (including phenoxy) is 2. The lowest BCUT2D eigenvalue weighted by Gasteiger charge is -2.12. The van der Waals surface area contributed by atoms with E-state index in [1.165, 1.54) is 37.6 Å². The van der Waals surface area contributed by atoms with Crippen LogP contribution in [0.1, 0.15) is 21.5 Å². The van der Waals surface area contributed by atoms with Gasteiger partial charge in [0.15, 0.2) is 11.6 Å². The molecule has 0 bridgehead atoms. The fourth-order valence-electron chi connectivity index (χ4n) is 4.10. The Morgan fingerprint density at radius 2 is 1.83 bits per heavy atom. The third-order valence-corrected chi connectivity index (χ3v) is 6.53. The highest BCUT2D eigenvalue weighted by molar-refractivity contribution is 9.10. The fourth-order valence-corrected chi connectivity index (χ4v) is 4.69. The molecule has 0 saturated carbocycles. The number of anilines is 1. The van der Waals surface area contributed by atoms with Crippen LogP contribution in [0.5, 0.6) is 17.2 Å². The van der Waals surface area contributed by atoms with E-state index in [1.54, 1.807) is 10.6 Å². The molecule has 0 aliphatic carbocycles. The summed E-state index contributed by atoms with van der Waals surface area (Å²) >= 11 is 3.40. The number of hydrogen-bond donors (Lipinski definition) is 2. The van der Waals surface area contributed by atoms with E-state index in [0.29, 0.717) is 29.5 Å². The van der Waals surface area contributed by atoms with E-state index in [0.717, 1.165) is 21.7 Å².